The number of fused-ring (bicyclic) bond motifs is 1. The Bertz CT molecular complexity index is 1380. The van der Waals surface area contributed by atoms with Gasteiger partial charge in [-0.2, -0.15) is 4.39 Å². The Kier molecular flexibility index (Phi) is 8.70. The summed E-state index contributed by atoms with van der Waals surface area (Å²) in [7, 11) is 2.83. The third-order valence-electron chi connectivity index (χ3n) is 8.04. The summed E-state index contributed by atoms with van der Waals surface area (Å²) in [5.41, 5.74) is 2.22. The summed E-state index contributed by atoms with van der Waals surface area (Å²) in [5, 5.41) is 3.77. The summed E-state index contributed by atoms with van der Waals surface area (Å²) in [6.45, 7) is 0.865. The number of methoxy groups -OCH3 is 2. The minimum Gasteiger partial charge on any atom is -0.495 e. The molecule has 2 aromatic carbocycles. The highest BCUT2D eigenvalue weighted by atomic mass is 19.2. The highest BCUT2D eigenvalue weighted by molar-refractivity contribution is 6.06. The number of aromatic nitrogens is 1. The maximum atomic E-state index is 16.6. The molecule has 1 saturated carbocycles. The van der Waals surface area contributed by atoms with E-state index < -0.39 is 17.9 Å². The van der Waals surface area contributed by atoms with E-state index in [-0.39, 0.29) is 24.2 Å². The number of amides is 1. The summed E-state index contributed by atoms with van der Waals surface area (Å²) in [6.07, 6.45) is 2.91. The molecule has 1 amide bonds. The number of esters is 1. The molecule has 41 heavy (non-hydrogen) atoms. The molecule has 1 saturated heterocycles. The number of ether oxygens (including phenoxy) is 3. The van der Waals surface area contributed by atoms with Crippen molar-refractivity contribution in [1.82, 2.24) is 9.88 Å². The zero-order valence-electron chi connectivity index (χ0n) is 23.4. The molecule has 0 spiro atoms. The van der Waals surface area contributed by atoms with Gasteiger partial charge in [-0.3, -0.25) is 14.4 Å². The number of hydrogen-bond donors (Lipinski definition) is 2. The SMILES string of the molecule is COC(=O)C1CCC(OC(F)(C(=O)Cc2ccc(NC(=O)c3cc4ccccc4[nH]3)c(OC)c2)N2CCCC2)CC1. The Labute approximate surface area is 238 Å². The van der Waals surface area contributed by atoms with Crippen molar-refractivity contribution in [3.63, 3.8) is 0 Å². The first-order valence-electron chi connectivity index (χ1n) is 14.1. The number of aromatic amines is 1. The molecule has 1 atom stereocenters. The largest absolute Gasteiger partial charge is 0.495 e. The number of hydrogen-bond acceptors (Lipinski definition) is 7. The quantitative estimate of drug-likeness (QED) is 0.263. The lowest BCUT2D eigenvalue weighted by molar-refractivity contribution is -0.252. The van der Waals surface area contributed by atoms with Crippen LogP contribution in [-0.2, 0) is 25.5 Å². The van der Waals surface area contributed by atoms with Gasteiger partial charge in [-0.25, -0.2) is 4.90 Å². The third-order valence-corrected chi connectivity index (χ3v) is 8.04. The van der Waals surface area contributed by atoms with Gasteiger partial charge in [-0.1, -0.05) is 24.3 Å². The molecule has 2 heterocycles. The van der Waals surface area contributed by atoms with Crippen LogP contribution < -0.4 is 10.1 Å². The minimum atomic E-state index is -2.56. The zero-order valence-corrected chi connectivity index (χ0v) is 23.4. The van der Waals surface area contributed by atoms with Gasteiger partial charge in [0.15, 0.2) is 0 Å². The van der Waals surface area contributed by atoms with Crippen molar-refractivity contribution >= 4 is 34.3 Å². The first-order valence-corrected chi connectivity index (χ1v) is 14.1. The van der Waals surface area contributed by atoms with Gasteiger partial charge in [-0.15, -0.1) is 0 Å². The number of likely N-dealkylation sites (tertiary alicyclic amines) is 1. The van der Waals surface area contributed by atoms with E-state index in [4.69, 9.17) is 14.2 Å². The van der Waals surface area contributed by atoms with E-state index in [2.05, 4.69) is 10.3 Å². The van der Waals surface area contributed by atoms with Crippen LogP contribution in [0, 0.1) is 5.92 Å². The monoisotopic (exact) mass is 565 g/mol. The van der Waals surface area contributed by atoms with Crippen LogP contribution in [0.2, 0.25) is 0 Å². The molecule has 10 heteroatoms. The first kappa shape index (κ1) is 28.8. The maximum Gasteiger partial charge on any atom is 0.330 e. The third kappa shape index (κ3) is 6.28. The normalized spacial score (nSPS) is 20.9. The Morgan fingerprint density at radius 3 is 2.44 bits per heavy atom. The molecule has 5 rings (SSSR count). The fourth-order valence-electron chi connectivity index (χ4n) is 5.75. The molecule has 218 valence electrons. The lowest BCUT2D eigenvalue weighted by Crippen LogP contribution is -2.54. The molecular formula is C31H36FN3O6. The van der Waals surface area contributed by atoms with E-state index in [1.165, 1.54) is 19.1 Å². The smallest absolute Gasteiger partial charge is 0.330 e. The molecule has 2 aliphatic rings. The van der Waals surface area contributed by atoms with Crippen molar-refractivity contribution in [3.8, 4) is 5.75 Å². The second-order valence-corrected chi connectivity index (χ2v) is 10.7. The van der Waals surface area contributed by atoms with E-state index in [1.54, 1.807) is 24.3 Å². The average molecular weight is 566 g/mol. The predicted octanol–water partition coefficient (Wildman–Crippen LogP) is 5.01. The number of para-hydroxylation sites is 1. The van der Waals surface area contributed by atoms with E-state index >= 15 is 4.39 Å². The van der Waals surface area contributed by atoms with Crippen molar-refractivity contribution in [2.45, 2.75) is 57.0 Å². The number of alkyl halides is 1. The van der Waals surface area contributed by atoms with Crippen LogP contribution in [0.15, 0.2) is 48.5 Å². The topological polar surface area (TPSA) is 110 Å². The standard InChI is InChI=1S/C31H36FN3O6/c1-39-27-17-20(9-14-25(27)34-29(37)26-19-22-7-3-4-8-24(22)33-26)18-28(36)31(32,35-15-5-6-16-35)41-23-12-10-21(11-13-23)30(38)40-2/h3-4,7-9,14,17,19,21,23,33H,5-6,10-13,15-16,18H2,1-2H3,(H,34,37). The van der Waals surface area contributed by atoms with E-state index in [0.29, 0.717) is 61.5 Å². The number of anilines is 1. The highest BCUT2D eigenvalue weighted by Gasteiger charge is 2.48. The number of carbonyl (C=O) groups is 3. The first-order chi connectivity index (χ1) is 19.8. The molecule has 2 fully saturated rings. The second-order valence-electron chi connectivity index (χ2n) is 10.7. The molecule has 1 unspecified atom stereocenters. The van der Waals surface area contributed by atoms with Gasteiger partial charge in [0.05, 0.1) is 31.9 Å². The number of carbonyl (C=O) groups excluding carboxylic acids is 3. The van der Waals surface area contributed by atoms with Crippen LogP contribution in [0.4, 0.5) is 10.1 Å². The summed E-state index contributed by atoms with van der Waals surface area (Å²) in [5.74, 6) is -3.72. The van der Waals surface area contributed by atoms with Gasteiger partial charge in [0.2, 0.25) is 5.78 Å². The average Bonchev–Trinajstić information content (AvgIpc) is 3.69. The molecule has 1 aliphatic heterocycles. The van der Waals surface area contributed by atoms with Crippen molar-refractivity contribution in [2.24, 2.45) is 5.92 Å². The number of nitrogens with zero attached hydrogens (tertiary/aromatic N) is 1. The van der Waals surface area contributed by atoms with Gasteiger partial charge in [0.25, 0.3) is 5.91 Å². The van der Waals surface area contributed by atoms with Gasteiger partial charge in [-0.05, 0) is 68.4 Å². The fraction of sp³-hybridized carbons (Fsp3) is 0.452. The molecular weight excluding hydrogens is 529 g/mol. The number of rotatable bonds is 10. The molecule has 0 bridgehead atoms. The van der Waals surface area contributed by atoms with Crippen molar-refractivity contribution in [2.75, 3.05) is 32.6 Å². The number of nitrogens with one attached hydrogen (secondary N) is 2. The second kappa shape index (κ2) is 12.4. The van der Waals surface area contributed by atoms with Gasteiger partial charge < -0.3 is 24.5 Å². The van der Waals surface area contributed by atoms with E-state index in [0.717, 1.165) is 23.7 Å². The predicted molar refractivity (Wildman–Crippen MR) is 151 cm³/mol. The Hall–Kier alpha value is -3.76. The molecule has 2 N–H and O–H groups in total. The van der Waals surface area contributed by atoms with Crippen LogP contribution in [0.3, 0.4) is 0 Å². The minimum absolute atomic E-state index is 0.211. The number of halogens is 1. The van der Waals surface area contributed by atoms with Gasteiger partial charge in [0, 0.05) is 30.4 Å². The van der Waals surface area contributed by atoms with Gasteiger partial charge in [0.1, 0.15) is 11.4 Å². The van der Waals surface area contributed by atoms with Crippen molar-refractivity contribution in [3.05, 3.63) is 59.8 Å². The summed E-state index contributed by atoms with van der Waals surface area (Å²) in [4.78, 5) is 42.9. The van der Waals surface area contributed by atoms with E-state index in [9.17, 15) is 14.4 Å². The molecule has 3 aromatic rings. The Morgan fingerprint density at radius 1 is 1.02 bits per heavy atom. The van der Waals surface area contributed by atoms with Crippen LogP contribution in [0.25, 0.3) is 10.9 Å². The van der Waals surface area contributed by atoms with Crippen LogP contribution in [0.1, 0.15) is 54.6 Å². The summed E-state index contributed by atoms with van der Waals surface area (Å²) < 4.78 is 32.8. The molecule has 1 aliphatic carbocycles. The van der Waals surface area contributed by atoms with Crippen LogP contribution in [-0.4, -0.2) is 66.9 Å². The molecule has 9 nitrogen and oxygen atoms in total. The Balaban J connectivity index is 1.28. The summed E-state index contributed by atoms with van der Waals surface area (Å²) in [6, 6.07) is 14.3. The Morgan fingerprint density at radius 2 is 1.76 bits per heavy atom. The van der Waals surface area contributed by atoms with Crippen molar-refractivity contribution < 1.29 is 33.0 Å². The maximum absolute atomic E-state index is 16.6. The number of H-pyrrole nitrogens is 1. The van der Waals surface area contributed by atoms with Gasteiger partial charge >= 0.3 is 11.9 Å². The lowest BCUT2D eigenvalue weighted by atomic mass is 9.87. The molecule has 0 radical (unpaired) electrons. The molecule has 1 aromatic heterocycles. The number of ketones is 1. The number of Topliss-reactive ketones (excluding diaryl/α,β-unsaturated/α-hetero) is 1. The van der Waals surface area contributed by atoms with Crippen molar-refractivity contribution in [1.29, 1.82) is 0 Å². The highest BCUT2D eigenvalue weighted by Crippen LogP contribution is 2.35. The lowest BCUT2D eigenvalue weighted by Gasteiger charge is -2.37. The van der Waals surface area contributed by atoms with Crippen LogP contribution in [0.5, 0.6) is 5.75 Å². The fourth-order valence-corrected chi connectivity index (χ4v) is 5.75. The number of benzene rings is 2. The van der Waals surface area contributed by atoms with Crippen LogP contribution >= 0.6 is 0 Å². The van der Waals surface area contributed by atoms with E-state index in [1.807, 2.05) is 24.3 Å². The summed E-state index contributed by atoms with van der Waals surface area (Å²) >= 11 is 0. The zero-order chi connectivity index (χ0) is 29.0.